The predicted octanol–water partition coefficient (Wildman–Crippen LogP) is 2.91. The number of halogens is 1. The van der Waals surface area contributed by atoms with E-state index in [4.69, 9.17) is 16.4 Å². The van der Waals surface area contributed by atoms with Gasteiger partial charge >= 0.3 is 5.97 Å². The first kappa shape index (κ1) is 19.9. The second-order valence-corrected chi connectivity index (χ2v) is 6.43. The van der Waals surface area contributed by atoms with Crippen molar-refractivity contribution in [1.82, 2.24) is 15.7 Å². The third kappa shape index (κ3) is 6.84. The number of hydroxylamine groups is 2. The van der Waals surface area contributed by atoms with Crippen molar-refractivity contribution in [1.29, 1.82) is 0 Å². The molecule has 1 amide bonds. The topological polar surface area (TPSA) is 90.9 Å². The first-order valence-electron chi connectivity index (χ1n) is 8.70. The lowest BCUT2D eigenvalue weighted by atomic mass is 10.1. The Morgan fingerprint density at radius 3 is 2.77 bits per heavy atom. The van der Waals surface area contributed by atoms with E-state index in [2.05, 4.69) is 10.6 Å². The van der Waals surface area contributed by atoms with Crippen LogP contribution in [0.5, 0.6) is 5.75 Å². The van der Waals surface area contributed by atoms with Gasteiger partial charge in [-0.3, -0.25) is 4.79 Å². The number of benzene rings is 1. The van der Waals surface area contributed by atoms with Crippen molar-refractivity contribution in [2.24, 2.45) is 0 Å². The zero-order chi connectivity index (χ0) is 18.8. The fourth-order valence-electron chi connectivity index (χ4n) is 2.48. The van der Waals surface area contributed by atoms with Gasteiger partial charge in [0, 0.05) is 24.2 Å². The van der Waals surface area contributed by atoms with Crippen molar-refractivity contribution in [3.8, 4) is 5.75 Å². The molecule has 1 aliphatic rings. The van der Waals surface area contributed by atoms with Gasteiger partial charge in [-0.05, 0) is 31.0 Å². The molecule has 2 rings (SSSR count). The second kappa shape index (κ2) is 10.6. The number of amides is 1. The van der Waals surface area contributed by atoms with Gasteiger partial charge in [0.05, 0.1) is 11.8 Å². The molecule has 0 aromatic heterocycles. The summed E-state index contributed by atoms with van der Waals surface area (Å²) in [6.07, 6.45) is 8.29. The summed E-state index contributed by atoms with van der Waals surface area (Å²) in [4.78, 5) is 28.7. The largest absolute Gasteiger partial charge is 0.507 e. The number of aromatic hydroxyl groups is 1. The Bertz CT molecular complexity index is 651. The maximum atomic E-state index is 12.0. The molecule has 0 unspecified atom stereocenters. The van der Waals surface area contributed by atoms with Crippen LogP contribution in [-0.4, -0.2) is 35.3 Å². The van der Waals surface area contributed by atoms with Gasteiger partial charge in [-0.1, -0.05) is 30.9 Å². The number of carbonyl (C=O) groups excluding carboxylic acids is 2. The molecule has 0 aliphatic carbocycles. The third-order valence-corrected chi connectivity index (χ3v) is 4.11. The Balaban J connectivity index is 1.49. The van der Waals surface area contributed by atoms with E-state index in [0.29, 0.717) is 24.7 Å². The quantitative estimate of drug-likeness (QED) is 0.540. The Hall–Kier alpha value is -2.41. The monoisotopic (exact) mass is 381 g/mol. The minimum Gasteiger partial charge on any atom is -0.507 e. The Labute approximate surface area is 157 Å². The number of hydrogen-bond donors (Lipinski definition) is 3. The number of nitrogens with zero attached hydrogens (tertiary/aromatic N) is 1. The average molecular weight is 382 g/mol. The van der Waals surface area contributed by atoms with Crippen LogP contribution in [0.15, 0.2) is 30.6 Å². The van der Waals surface area contributed by atoms with E-state index in [9.17, 15) is 14.7 Å². The summed E-state index contributed by atoms with van der Waals surface area (Å²) in [5.41, 5.74) is 0.180. The van der Waals surface area contributed by atoms with Gasteiger partial charge in [-0.15, -0.1) is 0 Å². The van der Waals surface area contributed by atoms with Crippen molar-refractivity contribution < 1.29 is 19.5 Å². The minimum atomic E-state index is -0.335. The molecule has 0 fully saturated rings. The lowest BCUT2D eigenvalue weighted by Crippen LogP contribution is -2.24. The SMILES string of the molecule is O=C(CCCCCCCNC(=O)c1cc(Cl)ccc1O)ON1C=CNC1. The standard InChI is InChI=1S/C18H24ClN3O4/c19-14-7-8-16(23)15(12-14)18(25)21-9-5-3-1-2-4-6-17(24)26-22-11-10-20-13-22/h7-8,10-12,20,23H,1-6,9,13H2,(H,21,25). The normalized spacial score (nSPS) is 12.7. The highest BCUT2D eigenvalue weighted by molar-refractivity contribution is 6.31. The molecule has 1 aromatic carbocycles. The van der Waals surface area contributed by atoms with Crippen LogP contribution in [0, 0.1) is 0 Å². The molecule has 3 N–H and O–H groups in total. The third-order valence-electron chi connectivity index (χ3n) is 3.87. The number of unbranched alkanes of at least 4 members (excludes halogenated alkanes) is 4. The number of rotatable bonds is 10. The van der Waals surface area contributed by atoms with Gasteiger partial charge in [-0.25, -0.2) is 4.79 Å². The Morgan fingerprint density at radius 1 is 1.23 bits per heavy atom. The summed E-state index contributed by atoms with van der Waals surface area (Å²) in [6.45, 7) is 1.02. The number of phenols is 1. The molecule has 26 heavy (non-hydrogen) atoms. The highest BCUT2D eigenvalue weighted by atomic mass is 35.5. The van der Waals surface area contributed by atoms with E-state index in [-0.39, 0.29) is 23.2 Å². The second-order valence-electron chi connectivity index (χ2n) is 5.99. The van der Waals surface area contributed by atoms with Gasteiger partial charge in [0.1, 0.15) is 12.4 Å². The predicted molar refractivity (Wildman–Crippen MR) is 98.2 cm³/mol. The molecular weight excluding hydrogens is 358 g/mol. The van der Waals surface area contributed by atoms with Crippen molar-refractivity contribution in [3.63, 3.8) is 0 Å². The van der Waals surface area contributed by atoms with Crippen LogP contribution in [-0.2, 0) is 9.63 Å². The maximum Gasteiger partial charge on any atom is 0.332 e. The van der Waals surface area contributed by atoms with Crippen LogP contribution >= 0.6 is 11.6 Å². The van der Waals surface area contributed by atoms with Crippen molar-refractivity contribution >= 4 is 23.5 Å². The fraction of sp³-hybridized carbons (Fsp3) is 0.444. The molecule has 1 heterocycles. The number of carbonyl (C=O) groups is 2. The summed E-state index contributed by atoms with van der Waals surface area (Å²) < 4.78 is 0. The first-order valence-corrected chi connectivity index (χ1v) is 9.08. The smallest absolute Gasteiger partial charge is 0.332 e. The minimum absolute atomic E-state index is 0.0843. The van der Waals surface area contributed by atoms with Crippen LogP contribution in [0.3, 0.4) is 0 Å². The lowest BCUT2D eigenvalue weighted by Gasteiger charge is -2.13. The summed E-state index contributed by atoms with van der Waals surface area (Å²) in [7, 11) is 0. The van der Waals surface area contributed by atoms with Crippen molar-refractivity contribution in [2.75, 3.05) is 13.2 Å². The molecule has 0 spiro atoms. The molecule has 8 heteroatoms. The molecule has 142 valence electrons. The molecule has 7 nitrogen and oxygen atoms in total. The number of phenolic OH excluding ortho intramolecular Hbond substituents is 1. The van der Waals surface area contributed by atoms with Crippen molar-refractivity contribution in [3.05, 3.63) is 41.2 Å². The molecule has 0 bridgehead atoms. The lowest BCUT2D eigenvalue weighted by molar-refractivity contribution is -0.177. The van der Waals surface area contributed by atoms with Gasteiger partial charge in [-0.2, -0.15) is 5.06 Å². The number of hydrogen-bond acceptors (Lipinski definition) is 6. The van der Waals surface area contributed by atoms with E-state index in [0.717, 1.165) is 32.1 Å². The van der Waals surface area contributed by atoms with E-state index >= 15 is 0 Å². The molecule has 1 aliphatic heterocycles. The molecule has 0 atom stereocenters. The van der Waals surface area contributed by atoms with Gasteiger partial charge in [0.2, 0.25) is 0 Å². The van der Waals surface area contributed by atoms with E-state index in [1.54, 1.807) is 12.4 Å². The first-order chi connectivity index (χ1) is 12.6. The highest BCUT2D eigenvalue weighted by Gasteiger charge is 2.11. The fourth-order valence-corrected chi connectivity index (χ4v) is 2.65. The molecule has 0 radical (unpaired) electrons. The zero-order valence-corrected chi connectivity index (χ0v) is 15.3. The van der Waals surface area contributed by atoms with Crippen molar-refractivity contribution in [2.45, 2.75) is 38.5 Å². The van der Waals surface area contributed by atoms with Gasteiger partial charge in [0.15, 0.2) is 0 Å². The van der Waals surface area contributed by atoms with Crippen LogP contribution in [0.25, 0.3) is 0 Å². The van der Waals surface area contributed by atoms with Crippen LogP contribution in [0.1, 0.15) is 48.9 Å². The van der Waals surface area contributed by atoms with Gasteiger partial charge in [0.25, 0.3) is 5.91 Å². The summed E-state index contributed by atoms with van der Waals surface area (Å²) >= 11 is 5.83. The number of nitrogens with one attached hydrogen (secondary N) is 2. The van der Waals surface area contributed by atoms with Crippen LogP contribution < -0.4 is 10.6 Å². The van der Waals surface area contributed by atoms with E-state index in [1.807, 2.05) is 0 Å². The zero-order valence-electron chi connectivity index (χ0n) is 14.5. The average Bonchev–Trinajstić information content (AvgIpc) is 3.12. The van der Waals surface area contributed by atoms with E-state index in [1.165, 1.54) is 23.3 Å². The molecule has 1 aromatic rings. The van der Waals surface area contributed by atoms with Gasteiger partial charge < -0.3 is 20.6 Å². The summed E-state index contributed by atoms with van der Waals surface area (Å²) in [5.74, 6) is -0.649. The van der Waals surface area contributed by atoms with E-state index < -0.39 is 0 Å². The maximum absolute atomic E-state index is 12.0. The Kier molecular flexibility index (Phi) is 8.08. The molecule has 0 saturated carbocycles. The molecule has 0 saturated heterocycles. The Morgan fingerprint density at radius 2 is 2.00 bits per heavy atom. The van der Waals surface area contributed by atoms with Crippen LogP contribution in [0.4, 0.5) is 0 Å². The summed E-state index contributed by atoms with van der Waals surface area (Å²) in [5, 5.41) is 17.2. The van der Waals surface area contributed by atoms with Crippen LogP contribution in [0.2, 0.25) is 5.02 Å². The molecular formula is C18H24ClN3O4. The highest BCUT2D eigenvalue weighted by Crippen LogP contribution is 2.21. The summed E-state index contributed by atoms with van der Waals surface area (Å²) in [6, 6.07) is 4.38.